The number of hydrogen-bond donors (Lipinski definition) is 2. The number of nitrogens with one attached hydrogen (secondary N) is 1. The highest BCUT2D eigenvalue weighted by molar-refractivity contribution is 7.89. The normalized spacial score (nSPS) is 20.9. The zero-order valence-corrected chi connectivity index (χ0v) is 13.1. The summed E-state index contributed by atoms with van der Waals surface area (Å²) in [6, 6.07) is 0.453. The molecule has 7 heteroatoms. The van der Waals surface area contributed by atoms with E-state index in [0.29, 0.717) is 18.5 Å². The fourth-order valence-electron chi connectivity index (χ4n) is 2.40. The summed E-state index contributed by atoms with van der Waals surface area (Å²) in [6.45, 7) is 10.0. The Morgan fingerprint density at radius 1 is 1.21 bits per heavy atom. The van der Waals surface area contributed by atoms with E-state index in [4.69, 9.17) is 5.14 Å². The summed E-state index contributed by atoms with van der Waals surface area (Å²) in [4.78, 5) is 4.83. The van der Waals surface area contributed by atoms with Gasteiger partial charge in [-0.1, -0.05) is 13.8 Å². The van der Waals surface area contributed by atoms with Crippen molar-refractivity contribution < 1.29 is 8.42 Å². The van der Waals surface area contributed by atoms with Crippen LogP contribution < -0.4 is 10.5 Å². The van der Waals surface area contributed by atoms with Crippen molar-refractivity contribution in [1.82, 2.24) is 15.1 Å². The predicted octanol–water partition coefficient (Wildman–Crippen LogP) is -0.863. The van der Waals surface area contributed by atoms with E-state index in [0.717, 1.165) is 32.7 Å². The number of rotatable bonds is 7. The predicted molar refractivity (Wildman–Crippen MR) is 78.5 cm³/mol. The summed E-state index contributed by atoms with van der Waals surface area (Å²) in [5.74, 6) is 0.547. The minimum absolute atomic E-state index is 0.000549. The van der Waals surface area contributed by atoms with Crippen LogP contribution in [0, 0.1) is 5.92 Å². The smallest absolute Gasteiger partial charge is 0.210 e. The first kappa shape index (κ1) is 16.8. The lowest BCUT2D eigenvalue weighted by Gasteiger charge is -2.40. The SMILES string of the molecule is CC(C)C(CNCCS(N)(=O)=O)N1CCN(C)CC1. The van der Waals surface area contributed by atoms with Crippen molar-refractivity contribution in [2.24, 2.45) is 11.1 Å². The lowest BCUT2D eigenvalue weighted by molar-refractivity contribution is 0.0880. The van der Waals surface area contributed by atoms with Crippen molar-refractivity contribution in [3.8, 4) is 0 Å². The largest absolute Gasteiger partial charge is 0.314 e. The van der Waals surface area contributed by atoms with Crippen LogP contribution in [0.5, 0.6) is 0 Å². The number of likely N-dealkylation sites (N-methyl/N-ethyl adjacent to an activating group) is 1. The molecule has 0 aromatic heterocycles. The third-order valence-corrected chi connectivity index (χ3v) is 4.47. The monoisotopic (exact) mass is 292 g/mol. The van der Waals surface area contributed by atoms with Gasteiger partial charge in [0.2, 0.25) is 10.0 Å². The lowest BCUT2D eigenvalue weighted by atomic mass is 10.0. The van der Waals surface area contributed by atoms with Crippen LogP contribution in [0.25, 0.3) is 0 Å². The second-order valence-electron chi connectivity index (χ2n) is 5.72. The van der Waals surface area contributed by atoms with Crippen molar-refractivity contribution in [2.75, 3.05) is 52.1 Å². The van der Waals surface area contributed by atoms with Crippen LogP contribution >= 0.6 is 0 Å². The van der Waals surface area contributed by atoms with Gasteiger partial charge in [-0.25, -0.2) is 13.6 Å². The van der Waals surface area contributed by atoms with Crippen molar-refractivity contribution in [2.45, 2.75) is 19.9 Å². The van der Waals surface area contributed by atoms with Gasteiger partial charge >= 0.3 is 0 Å². The molecule has 114 valence electrons. The Labute approximate surface area is 117 Å². The van der Waals surface area contributed by atoms with Gasteiger partial charge in [0.15, 0.2) is 0 Å². The molecule has 19 heavy (non-hydrogen) atoms. The average molecular weight is 292 g/mol. The van der Waals surface area contributed by atoms with Crippen LogP contribution in [0.3, 0.4) is 0 Å². The summed E-state index contributed by atoms with van der Waals surface area (Å²) in [5, 5.41) is 8.20. The maximum atomic E-state index is 10.9. The lowest BCUT2D eigenvalue weighted by Crippen LogP contribution is -2.54. The molecule has 1 aliphatic rings. The van der Waals surface area contributed by atoms with Crippen LogP contribution in [0.15, 0.2) is 0 Å². The molecule has 0 saturated carbocycles. The molecule has 1 fully saturated rings. The molecule has 0 aromatic rings. The van der Waals surface area contributed by atoms with Crippen LogP contribution in [0.4, 0.5) is 0 Å². The van der Waals surface area contributed by atoms with E-state index in [-0.39, 0.29) is 5.75 Å². The Morgan fingerprint density at radius 3 is 2.26 bits per heavy atom. The van der Waals surface area contributed by atoms with Gasteiger partial charge in [0.05, 0.1) is 5.75 Å². The minimum Gasteiger partial charge on any atom is -0.314 e. The van der Waals surface area contributed by atoms with E-state index >= 15 is 0 Å². The molecule has 0 aliphatic carbocycles. The van der Waals surface area contributed by atoms with Gasteiger partial charge in [0, 0.05) is 45.3 Å². The van der Waals surface area contributed by atoms with Crippen LogP contribution in [-0.4, -0.2) is 76.3 Å². The molecule has 0 bridgehead atoms. The topological polar surface area (TPSA) is 78.7 Å². The molecule has 6 nitrogen and oxygen atoms in total. The zero-order chi connectivity index (χ0) is 14.5. The average Bonchev–Trinajstić information content (AvgIpc) is 2.29. The van der Waals surface area contributed by atoms with Crippen molar-refractivity contribution in [1.29, 1.82) is 0 Å². The van der Waals surface area contributed by atoms with Crippen LogP contribution in [-0.2, 0) is 10.0 Å². The molecule has 0 spiro atoms. The van der Waals surface area contributed by atoms with Gasteiger partial charge in [-0.2, -0.15) is 0 Å². The maximum Gasteiger partial charge on any atom is 0.210 e. The molecule has 1 rings (SSSR count). The van der Waals surface area contributed by atoms with Crippen LogP contribution in [0.1, 0.15) is 13.8 Å². The molecule has 1 aliphatic heterocycles. The first-order valence-electron chi connectivity index (χ1n) is 6.93. The Balaban J connectivity index is 2.36. The zero-order valence-electron chi connectivity index (χ0n) is 12.3. The standard InChI is InChI=1S/C12H28N4O2S/c1-11(2)12(10-14-4-9-19(13,17)18)16-7-5-15(3)6-8-16/h11-12,14H,4-10H2,1-3H3,(H2,13,17,18). The second-order valence-corrected chi connectivity index (χ2v) is 7.46. The molecular weight excluding hydrogens is 264 g/mol. The molecule has 1 heterocycles. The summed E-state index contributed by atoms with van der Waals surface area (Å²) >= 11 is 0. The van der Waals surface area contributed by atoms with E-state index in [1.54, 1.807) is 0 Å². The highest BCUT2D eigenvalue weighted by Gasteiger charge is 2.24. The molecule has 1 atom stereocenters. The van der Waals surface area contributed by atoms with Gasteiger partial charge in [0.1, 0.15) is 0 Å². The van der Waals surface area contributed by atoms with Crippen molar-refractivity contribution >= 4 is 10.0 Å². The summed E-state index contributed by atoms with van der Waals surface area (Å²) in [7, 11) is -1.21. The van der Waals surface area contributed by atoms with Gasteiger partial charge in [-0.05, 0) is 13.0 Å². The first-order chi connectivity index (χ1) is 8.79. The quantitative estimate of drug-likeness (QED) is 0.597. The Hall–Kier alpha value is -0.210. The molecular formula is C12H28N4O2S. The Morgan fingerprint density at radius 2 is 1.79 bits per heavy atom. The third-order valence-electron chi connectivity index (χ3n) is 3.69. The molecule has 0 amide bonds. The summed E-state index contributed by atoms with van der Waals surface area (Å²) in [5.41, 5.74) is 0. The molecule has 1 saturated heterocycles. The molecule has 1 unspecified atom stereocenters. The number of primary sulfonamides is 1. The van der Waals surface area contributed by atoms with Gasteiger partial charge in [-0.3, -0.25) is 4.90 Å². The van der Waals surface area contributed by atoms with E-state index in [1.807, 2.05) is 0 Å². The summed E-state index contributed by atoms with van der Waals surface area (Å²) in [6.07, 6.45) is 0. The van der Waals surface area contributed by atoms with Gasteiger partial charge in [0.25, 0.3) is 0 Å². The number of nitrogens with zero attached hydrogens (tertiary/aromatic N) is 2. The highest BCUT2D eigenvalue weighted by atomic mass is 32.2. The number of nitrogens with two attached hydrogens (primary N) is 1. The van der Waals surface area contributed by atoms with E-state index < -0.39 is 10.0 Å². The second kappa shape index (κ2) is 7.54. The van der Waals surface area contributed by atoms with E-state index in [9.17, 15) is 8.42 Å². The maximum absolute atomic E-state index is 10.9. The van der Waals surface area contributed by atoms with Crippen molar-refractivity contribution in [3.63, 3.8) is 0 Å². The Kier molecular flexibility index (Phi) is 6.68. The number of piperazine rings is 1. The first-order valence-corrected chi connectivity index (χ1v) is 8.65. The molecule has 0 radical (unpaired) electrons. The van der Waals surface area contributed by atoms with E-state index in [1.165, 1.54) is 0 Å². The van der Waals surface area contributed by atoms with Crippen LogP contribution in [0.2, 0.25) is 0 Å². The fraction of sp³-hybridized carbons (Fsp3) is 1.00. The molecule has 3 N–H and O–H groups in total. The third kappa shape index (κ3) is 6.67. The molecule has 0 aromatic carbocycles. The van der Waals surface area contributed by atoms with Gasteiger partial charge in [-0.15, -0.1) is 0 Å². The van der Waals surface area contributed by atoms with Gasteiger partial charge < -0.3 is 10.2 Å². The minimum atomic E-state index is -3.36. The van der Waals surface area contributed by atoms with E-state index in [2.05, 4.69) is 36.0 Å². The number of sulfonamides is 1. The fourth-order valence-corrected chi connectivity index (χ4v) is 2.83. The summed E-state index contributed by atoms with van der Waals surface area (Å²) < 4.78 is 21.7. The Bertz CT molecular complexity index is 351. The highest BCUT2D eigenvalue weighted by Crippen LogP contribution is 2.12. The number of hydrogen-bond acceptors (Lipinski definition) is 5. The van der Waals surface area contributed by atoms with Crippen molar-refractivity contribution in [3.05, 3.63) is 0 Å².